The molecular formula is C3H3Br3O2. The molecule has 0 aliphatic carbocycles. The number of ether oxygens (including phenoxy) is 1. The Morgan fingerprint density at radius 1 is 1.50 bits per heavy atom. The van der Waals surface area contributed by atoms with Gasteiger partial charge in [-0.05, 0) is 47.8 Å². The zero-order valence-electron chi connectivity index (χ0n) is 3.95. The maximum absolute atomic E-state index is 10.5. The van der Waals surface area contributed by atoms with Crippen molar-refractivity contribution in [1.29, 1.82) is 0 Å². The van der Waals surface area contributed by atoms with Gasteiger partial charge in [0.1, 0.15) is 0 Å². The summed E-state index contributed by atoms with van der Waals surface area (Å²) in [4.78, 5) is 10.5. The van der Waals surface area contributed by atoms with Crippen LogP contribution in [0.3, 0.4) is 0 Å². The molecule has 5 heteroatoms. The summed E-state index contributed by atoms with van der Waals surface area (Å²) in [5.74, 6) is -0.419. The Kier molecular flexibility index (Phi) is 3.53. The summed E-state index contributed by atoms with van der Waals surface area (Å²) in [6, 6.07) is 0. The van der Waals surface area contributed by atoms with Crippen LogP contribution in [0.2, 0.25) is 0 Å². The van der Waals surface area contributed by atoms with Crippen LogP contribution in [-0.2, 0) is 9.53 Å². The smallest absolute Gasteiger partial charge is 0.344 e. The van der Waals surface area contributed by atoms with Gasteiger partial charge in [-0.1, -0.05) is 0 Å². The fourth-order valence-corrected chi connectivity index (χ4v) is 0.601. The molecule has 0 radical (unpaired) electrons. The molecule has 0 saturated carbocycles. The van der Waals surface area contributed by atoms with E-state index in [-0.39, 0.29) is 0 Å². The van der Waals surface area contributed by atoms with Crippen molar-refractivity contribution in [2.75, 3.05) is 7.11 Å². The number of rotatable bonds is 0. The van der Waals surface area contributed by atoms with E-state index in [1.165, 1.54) is 7.11 Å². The number of carbonyl (C=O) groups excluding carboxylic acids is 1. The van der Waals surface area contributed by atoms with Crippen LogP contribution >= 0.6 is 47.8 Å². The van der Waals surface area contributed by atoms with Crippen LogP contribution in [0.15, 0.2) is 0 Å². The van der Waals surface area contributed by atoms with Crippen LogP contribution in [0, 0.1) is 0 Å². The topological polar surface area (TPSA) is 26.3 Å². The third-order valence-electron chi connectivity index (χ3n) is 0.417. The second-order valence-electron chi connectivity index (χ2n) is 0.989. The van der Waals surface area contributed by atoms with E-state index in [1.807, 2.05) is 0 Å². The first-order chi connectivity index (χ1) is 3.48. The first-order valence-electron chi connectivity index (χ1n) is 1.63. The Balaban J connectivity index is 3.82. The SMILES string of the molecule is COC(=O)C(Br)(Br)Br. The van der Waals surface area contributed by atoms with E-state index in [1.54, 1.807) is 0 Å². The second kappa shape index (κ2) is 3.17. The average Bonchev–Trinajstić information content (AvgIpc) is 1.62. The molecule has 0 heterocycles. The van der Waals surface area contributed by atoms with Gasteiger partial charge in [-0.2, -0.15) is 0 Å². The van der Waals surface area contributed by atoms with E-state index in [0.717, 1.165) is 0 Å². The maximum atomic E-state index is 10.5. The van der Waals surface area contributed by atoms with E-state index in [9.17, 15) is 4.79 Å². The van der Waals surface area contributed by atoms with E-state index >= 15 is 0 Å². The second-order valence-corrected chi connectivity index (χ2v) is 7.75. The molecule has 0 aliphatic rings. The zero-order chi connectivity index (χ0) is 6.78. The van der Waals surface area contributed by atoms with Gasteiger partial charge in [0, 0.05) is 0 Å². The summed E-state index contributed by atoms with van der Waals surface area (Å²) in [6.45, 7) is 0. The Morgan fingerprint density at radius 2 is 1.88 bits per heavy atom. The highest BCUT2D eigenvalue weighted by atomic mass is 80.0. The molecule has 0 aromatic heterocycles. The highest BCUT2D eigenvalue weighted by Gasteiger charge is 2.29. The van der Waals surface area contributed by atoms with Crippen molar-refractivity contribution in [2.24, 2.45) is 0 Å². The number of halogens is 3. The molecule has 0 unspecified atom stereocenters. The molecule has 0 spiro atoms. The van der Waals surface area contributed by atoms with E-state index in [2.05, 4.69) is 52.5 Å². The highest BCUT2D eigenvalue weighted by molar-refractivity contribution is 9.40. The number of esters is 1. The predicted molar refractivity (Wildman–Crippen MR) is 41.5 cm³/mol. The molecule has 0 amide bonds. The first-order valence-corrected chi connectivity index (χ1v) is 4.01. The highest BCUT2D eigenvalue weighted by Crippen LogP contribution is 2.34. The quantitative estimate of drug-likeness (QED) is 0.505. The summed E-state index contributed by atoms with van der Waals surface area (Å²) in [5, 5.41) is 0. The van der Waals surface area contributed by atoms with Gasteiger partial charge in [0.2, 0.25) is 2.14 Å². The van der Waals surface area contributed by atoms with Crippen molar-refractivity contribution in [3.8, 4) is 0 Å². The normalized spacial score (nSPS) is 11.0. The van der Waals surface area contributed by atoms with Crippen LogP contribution in [0.25, 0.3) is 0 Å². The molecule has 0 aromatic rings. The Morgan fingerprint density at radius 3 is 1.88 bits per heavy atom. The molecule has 0 rings (SSSR count). The van der Waals surface area contributed by atoms with Crippen molar-refractivity contribution in [2.45, 2.75) is 2.14 Å². The van der Waals surface area contributed by atoms with Gasteiger partial charge in [0.05, 0.1) is 7.11 Å². The van der Waals surface area contributed by atoms with Crippen molar-refractivity contribution in [1.82, 2.24) is 0 Å². The standard InChI is InChI=1S/C3H3Br3O2/c1-8-2(7)3(4,5)6/h1H3. The summed E-state index contributed by atoms with van der Waals surface area (Å²) >= 11 is 8.89. The molecule has 0 fully saturated rings. The number of hydrogen-bond donors (Lipinski definition) is 0. The lowest BCUT2D eigenvalue weighted by atomic mass is 10.8. The Hall–Kier alpha value is 0.910. The lowest BCUT2D eigenvalue weighted by Crippen LogP contribution is -2.17. The minimum absolute atomic E-state index is 0.419. The molecule has 0 bridgehead atoms. The van der Waals surface area contributed by atoms with Gasteiger partial charge < -0.3 is 4.74 Å². The van der Waals surface area contributed by atoms with Gasteiger partial charge in [0.25, 0.3) is 0 Å². The van der Waals surface area contributed by atoms with Crippen LogP contribution in [0.1, 0.15) is 0 Å². The molecule has 48 valence electrons. The minimum Gasteiger partial charge on any atom is -0.467 e. The van der Waals surface area contributed by atoms with Gasteiger partial charge in [-0.3, -0.25) is 0 Å². The largest absolute Gasteiger partial charge is 0.467 e. The fraction of sp³-hybridized carbons (Fsp3) is 0.667. The molecule has 0 N–H and O–H groups in total. The van der Waals surface area contributed by atoms with Crippen molar-refractivity contribution >= 4 is 53.8 Å². The molecule has 0 aromatic carbocycles. The number of hydrogen-bond acceptors (Lipinski definition) is 2. The van der Waals surface area contributed by atoms with Crippen molar-refractivity contribution < 1.29 is 9.53 Å². The van der Waals surface area contributed by atoms with Crippen LogP contribution in [0.4, 0.5) is 0 Å². The van der Waals surface area contributed by atoms with E-state index < -0.39 is 8.11 Å². The fourth-order valence-electron chi connectivity index (χ4n) is 0.116. The minimum atomic E-state index is -0.915. The molecule has 0 saturated heterocycles. The first kappa shape index (κ1) is 8.91. The van der Waals surface area contributed by atoms with Crippen LogP contribution in [0.5, 0.6) is 0 Å². The average molecular weight is 311 g/mol. The van der Waals surface area contributed by atoms with Crippen molar-refractivity contribution in [3.63, 3.8) is 0 Å². The Bertz CT molecular complexity index is 95.2. The van der Waals surface area contributed by atoms with Gasteiger partial charge in [0.15, 0.2) is 0 Å². The van der Waals surface area contributed by atoms with Gasteiger partial charge >= 0.3 is 5.97 Å². The summed E-state index contributed by atoms with van der Waals surface area (Å²) in [7, 11) is 1.31. The lowest BCUT2D eigenvalue weighted by Gasteiger charge is -2.06. The van der Waals surface area contributed by atoms with Crippen LogP contribution < -0.4 is 0 Å². The number of methoxy groups -OCH3 is 1. The summed E-state index contributed by atoms with van der Waals surface area (Å²) in [5.41, 5.74) is 0. The van der Waals surface area contributed by atoms with E-state index in [0.29, 0.717) is 0 Å². The third-order valence-corrected chi connectivity index (χ3v) is 1.39. The third kappa shape index (κ3) is 3.04. The summed E-state index contributed by atoms with van der Waals surface area (Å²) < 4.78 is 3.42. The Labute approximate surface area is 72.3 Å². The monoisotopic (exact) mass is 308 g/mol. The molecule has 0 atom stereocenters. The number of carbonyl (C=O) groups is 1. The van der Waals surface area contributed by atoms with E-state index in [4.69, 9.17) is 0 Å². The predicted octanol–water partition coefficient (Wildman–Crippen LogP) is 2.00. The van der Waals surface area contributed by atoms with Gasteiger partial charge in [-0.25, -0.2) is 4.79 Å². The maximum Gasteiger partial charge on any atom is 0.344 e. The zero-order valence-corrected chi connectivity index (χ0v) is 8.71. The van der Waals surface area contributed by atoms with Gasteiger partial charge in [-0.15, -0.1) is 0 Å². The molecule has 2 nitrogen and oxygen atoms in total. The molecular weight excluding hydrogens is 308 g/mol. The summed E-state index contributed by atoms with van der Waals surface area (Å²) in [6.07, 6.45) is 0. The van der Waals surface area contributed by atoms with Crippen molar-refractivity contribution in [3.05, 3.63) is 0 Å². The molecule has 8 heavy (non-hydrogen) atoms. The lowest BCUT2D eigenvalue weighted by molar-refractivity contribution is -0.138. The molecule has 0 aliphatic heterocycles. The number of alkyl halides is 3. The van der Waals surface area contributed by atoms with Crippen LogP contribution in [-0.4, -0.2) is 15.2 Å².